The molecule has 5 heteroatoms. The van der Waals surface area contributed by atoms with E-state index in [9.17, 15) is 14.7 Å². The van der Waals surface area contributed by atoms with Crippen LogP contribution in [0.1, 0.15) is 53.0 Å². The summed E-state index contributed by atoms with van der Waals surface area (Å²) >= 11 is 0. The van der Waals surface area contributed by atoms with Gasteiger partial charge >= 0.3 is 5.97 Å². The molecule has 0 bridgehead atoms. The maximum atomic E-state index is 13.0. The summed E-state index contributed by atoms with van der Waals surface area (Å²) in [5, 5.41) is 9.38. The van der Waals surface area contributed by atoms with E-state index in [2.05, 4.69) is 6.92 Å². The van der Waals surface area contributed by atoms with Crippen molar-refractivity contribution in [3.63, 3.8) is 0 Å². The number of unbranched alkanes of at least 4 members (excludes halogenated alkanes) is 1. The zero-order chi connectivity index (χ0) is 18.7. The highest BCUT2D eigenvalue weighted by Crippen LogP contribution is 2.35. The van der Waals surface area contributed by atoms with Crippen LogP contribution in [0.2, 0.25) is 0 Å². The summed E-state index contributed by atoms with van der Waals surface area (Å²) in [5.41, 5.74) is 2.24. The van der Waals surface area contributed by atoms with Crippen LogP contribution in [0.3, 0.4) is 0 Å². The molecule has 26 heavy (non-hydrogen) atoms. The van der Waals surface area contributed by atoms with E-state index in [1.54, 1.807) is 41.3 Å². The van der Waals surface area contributed by atoms with Crippen LogP contribution in [-0.4, -0.2) is 29.6 Å². The number of ether oxygens (including phenoxy) is 1. The molecule has 2 aromatic carbocycles. The Morgan fingerprint density at radius 2 is 1.92 bits per heavy atom. The van der Waals surface area contributed by atoms with Crippen LogP contribution < -0.4 is 9.64 Å². The van der Waals surface area contributed by atoms with Crippen LogP contribution in [0, 0.1) is 0 Å². The van der Waals surface area contributed by atoms with Gasteiger partial charge in [0.25, 0.3) is 5.91 Å². The van der Waals surface area contributed by atoms with E-state index in [0.29, 0.717) is 24.3 Å². The first kappa shape index (κ1) is 18.0. The summed E-state index contributed by atoms with van der Waals surface area (Å²) in [6.45, 7) is 4.71. The van der Waals surface area contributed by atoms with Crippen LogP contribution in [0.4, 0.5) is 5.69 Å². The third kappa shape index (κ3) is 3.43. The van der Waals surface area contributed by atoms with Crippen molar-refractivity contribution >= 4 is 17.6 Å². The summed E-state index contributed by atoms with van der Waals surface area (Å²) < 4.78 is 5.64. The fourth-order valence-electron chi connectivity index (χ4n) is 3.32. The van der Waals surface area contributed by atoms with Gasteiger partial charge in [-0.15, -0.1) is 0 Å². The molecule has 5 nitrogen and oxygen atoms in total. The molecule has 0 radical (unpaired) electrons. The quantitative estimate of drug-likeness (QED) is 0.792. The molecule has 0 spiro atoms. The van der Waals surface area contributed by atoms with E-state index in [0.717, 1.165) is 24.2 Å². The average molecular weight is 353 g/mol. The molecule has 0 fully saturated rings. The van der Waals surface area contributed by atoms with Crippen molar-refractivity contribution in [1.82, 2.24) is 0 Å². The Morgan fingerprint density at radius 3 is 2.58 bits per heavy atom. The first-order valence-corrected chi connectivity index (χ1v) is 8.94. The largest absolute Gasteiger partial charge is 0.494 e. The maximum absolute atomic E-state index is 13.0. The number of carboxylic acids is 1. The third-order valence-electron chi connectivity index (χ3n) is 4.67. The van der Waals surface area contributed by atoms with E-state index in [4.69, 9.17) is 4.74 Å². The monoisotopic (exact) mass is 353 g/mol. The minimum absolute atomic E-state index is 0.0847. The lowest BCUT2D eigenvalue weighted by Gasteiger charge is -2.23. The fraction of sp³-hybridized carbons (Fsp3) is 0.333. The lowest BCUT2D eigenvalue weighted by Crippen LogP contribution is -2.35. The first-order valence-electron chi connectivity index (χ1n) is 8.94. The number of carbonyl (C=O) groups excluding carboxylic acids is 1. The Labute approximate surface area is 153 Å². The molecule has 0 aliphatic carbocycles. The lowest BCUT2D eigenvalue weighted by atomic mass is 10.0. The standard InChI is InChI=1S/C21H23NO4/c1-3-4-12-26-16-10-8-15(9-11-16)20(23)22-14(2)13-18-17(21(24)25)6-5-7-19(18)22/h5-11,14H,3-4,12-13H2,1-2H3,(H,24,25). The second-order valence-electron chi connectivity index (χ2n) is 6.56. The van der Waals surface area contributed by atoms with Crippen LogP contribution in [0.25, 0.3) is 0 Å². The molecule has 1 amide bonds. The Kier molecular flexibility index (Phi) is 5.26. The van der Waals surface area contributed by atoms with Gasteiger partial charge in [0.1, 0.15) is 5.75 Å². The molecule has 3 rings (SSSR count). The number of carbonyl (C=O) groups is 2. The van der Waals surface area contributed by atoms with Crippen molar-refractivity contribution in [2.24, 2.45) is 0 Å². The number of nitrogens with zero attached hydrogens (tertiary/aromatic N) is 1. The number of rotatable bonds is 6. The summed E-state index contributed by atoms with van der Waals surface area (Å²) in [6, 6.07) is 12.1. The van der Waals surface area contributed by atoms with Crippen LogP contribution >= 0.6 is 0 Å². The number of benzene rings is 2. The second-order valence-corrected chi connectivity index (χ2v) is 6.56. The number of fused-ring (bicyclic) bond motifs is 1. The minimum atomic E-state index is -0.961. The van der Waals surface area contributed by atoms with Gasteiger partial charge in [-0.25, -0.2) is 4.79 Å². The Hall–Kier alpha value is -2.82. The fourth-order valence-corrected chi connectivity index (χ4v) is 3.32. The van der Waals surface area contributed by atoms with Gasteiger partial charge in [0.2, 0.25) is 0 Å². The van der Waals surface area contributed by atoms with E-state index < -0.39 is 5.97 Å². The van der Waals surface area contributed by atoms with E-state index >= 15 is 0 Å². The topological polar surface area (TPSA) is 66.8 Å². The van der Waals surface area contributed by atoms with Crippen molar-refractivity contribution in [2.75, 3.05) is 11.5 Å². The second kappa shape index (κ2) is 7.60. The van der Waals surface area contributed by atoms with Gasteiger partial charge in [-0.2, -0.15) is 0 Å². The number of hydrogen-bond donors (Lipinski definition) is 1. The third-order valence-corrected chi connectivity index (χ3v) is 4.67. The highest BCUT2D eigenvalue weighted by Gasteiger charge is 2.34. The maximum Gasteiger partial charge on any atom is 0.336 e. The molecule has 1 N–H and O–H groups in total. The predicted octanol–water partition coefficient (Wildman–Crippen LogP) is 4.16. The van der Waals surface area contributed by atoms with Crippen LogP contribution in [0.5, 0.6) is 5.75 Å². The number of aromatic carboxylic acids is 1. The molecule has 136 valence electrons. The molecule has 0 saturated carbocycles. The summed E-state index contributed by atoms with van der Waals surface area (Å²) in [4.78, 5) is 26.1. The van der Waals surface area contributed by atoms with Gasteiger partial charge < -0.3 is 14.7 Å². The molecular weight excluding hydrogens is 330 g/mol. The van der Waals surface area contributed by atoms with E-state index in [-0.39, 0.29) is 17.5 Å². The smallest absolute Gasteiger partial charge is 0.336 e. The zero-order valence-electron chi connectivity index (χ0n) is 15.1. The van der Waals surface area contributed by atoms with Gasteiger partial charge in [0.15, 0.2) is 0 Å². The Balaban J connectivity index is 1.83. The molecule has 1 aliphatic heterocycles. The number of anilines is 1. The molecule has 1 aliphatic rings. The number of amides is 1. The van der Waals surface area contributed by atoms with Crippen molar-refractivity contribution in [3.8, 4) is 5.75 Å². The van der Waals surface area contributed by atoms with Gasteiger partial charge in [0, 0.05) is 17.3 Å². The van der Waals surface area contributed by atoms with Gasteiger partial charge in [-0.05, 0) is 61.7 Å². The van der Waals surface area contributed by atoms with Gasteiger partial charge in [-0.1, -0.05) is 19.4 Å². The van der Waals surface area contributed by atoms with Gasteiger partial charge in [0.05, 0.1) is 12.2 Å². The molecule has 2 aromatic rings. The van der Waals surface area contributed by atoms with E-state index in [1.807, 2.05) is 13.0 Å². The first-order chi connectivity index (χ1) is 12.5. The predicted molar refractivity (Wildman–Crippen MR) is 100 cm³/mol. The normalized spacial score (nSPS) is 15.6. The summed E-state index contributed by atoms with van der Waals surface area (Å²) in [7, 11) is 0. The number of hydrogen-bond acceptors (Lipinski definition) is 3. The Morgan fingerprint density at radius 1 is 1.19 bits per heavy atom. The average Bonchev–Trinajstić information content (AvgIpc) is 2.97. The molecule has 0 saturated heterocycles. The van der Waals surface area contributed by atoms with Crippen molar-refractivity contribution in [2.45, 2.75) is 39.2 Å². The Bertz CT molecular complexity index is 813. The van der Waals surface area contributed by atoms with E-state index in [1.165, 1.54) is 0 Å². The lowest BCUT2D eigenvalue weighted by molar-refractivity contribution is 0.0695. The van der Waals surface area contributed by atoms with Crippen molar-refractivity contribution in [1.29, 1.82) is 0 Å². The molecule has 1 heterocycles. The highest BCUT2D eigenvalue weighted by atomic mass is 16.5. The summed E-state index contributed by atoms with van der Waals surface area (Å²) in [5.74, 6) is -0.339. The van der Waals surface area contributed by atoms with Gasteiger partial charge in [-0.3, -0.25) is 4.79 Å². The van der Waals surface area contributed by atoms with Crippen LogP contribution in [0.15, 0.2) is 42.5 Å². The highest BCUT2D eigenvalue weighted by molar-refractivity contribution is 6.08. The van der Waals surface area contributed by atoms with Crippen molar-refractivity contribution in [3.05, 3.63) is 59.2 Å². The molecule has 1 atom stereocenters. The minimum Gasteiger partial charge on any atom is -0.494 e. The zero-order valence-corrected chi connectivity index (χ0v) is 15.1. The SMILES string of the molecule is CCCCOc1ccc(C(=O)N2c3cccc(C(=O)O)c3CC2C)cc1. The van der Waals surface area contributed by atoms with Crippen molar-refractivity contribution < 1.29 is 19.4 Å². The number of carboxylic acid groups (broad SMARTS) is 1. The summed E-state index contributed by atoms with van der Waals surface area (Å²) in [6.07, 6.45) is 2.61. The van der Waals surface area contributed by atoms with Crippen LogP contribution in [-0.2, 0) is 6.42 Å². The molecular formula is C21H23NO4. The molecule has 0 aromatic heterocycles. The molecule has 1 unspecified atom stereocenters.